The summed E-state index contributed by atoms with van der Waals surface area (Å²) >= 11 is 0. The van der Waals surface area contributed by atoms with Gasteiger partial charge in [0.25, 0.3) is 0 Å². The van der Waals surface area contributed by atoms with Crippen molar-refractivity contribution in [2.45, 2.75) is 19.4 Å². The molecule has 0 aliphatic carbocycles. The first kappa shape index (κ1) is 21.1. The van der Waals surface area contributed by atoms with Gasteiger partial charge in [-0.25, -0.2) is 9.37 Å². The summed E-state index contributed by atoms with van der Waals surface area (Å²) in [5.41, 5.74) is 2.66. The monoisotopic (exact) mass is 422 g/mol. The van der Waals surface area contributed by atoms with Gasteiger partial charge in [-0.2, -0.15) is 0 Å². The maximum Gasteiger partial charge on any atom is 0.220 e. The van der Waals surface area contributed by atoms with Crippen LogP contribution in [0.3, 0.4) is 0 Å². The smallest absolute Gasteiger partial charge is 0.220 e. The fourth-order valence-corrected chi connectivity index (χ4v) is 3.73. The van der Waals surface area contributed by atoms with E-state index in [1.54, 1.807) is 18.2 Å². The zero-order valence-electron chi connectivity index (χ0n) is 17.7. The lowest BCUT2D eigenvalue weighted by molar-refractivity contribution is -0.121. The lowest BCUT2D eigenvalue weighted by atomic mass is 10.1. The summed E-state index contributed by atoms with van der Waals surface area (Å²) in [4.78, 5) is 21.3. The molecule has 31 heavy (non-hydrogen) atoms. The van der Waals surface area contributed by atoms with Crippen molar-refractivity contribution in [3.8, 4) is 11.3 Å². The quantitative estimate of drug-likeness (QED) is 0.632. The predicted molar refractivity (Wildman–Crippen MR) is 118 cm³/mol. The van der Waals surface area contributed by atoms with Gasteiger partial charge in [-0.15, -0.1) is 0 Å². The first-order valence-corrected chi connectivity index (χ1v) is 10.6. The second-order valence-electron chi connectivity index (χ2n) is 7.79. The highest BCUT2D eigenvalue weighted by Crippen LogP contribution is 2.24. The number of para-hydroxylation sites is 1. The van der Waals surface area contributed by atoms with E-state index < -0.39 is 0 Å². The highest BCUT2D eigenvalue weighted by Gasteiger charge is 2.17. The van der Waals surface area contributed by atoms with Crippen molar-refractivity contribution < 1.29 is 13.6 Å². The second kappa shape index (κ2) is 9.75. The third-order valence-electron chi connectivity index (χ3n) is 5.57. The van der Waals surface area contributed by atoms with Crippen molar-refractivity contribution in [3.05, 3.63) is 72.0 Å². The number of aryl methyl sites for hydroxylation is 1. The second-order valence-corrected chi connectivity index (χ2v) is 7.79. The van der Waals surface area contributed by atoms with E-state index >= 15 is 0 Å². The van der Waals surface area contributed by atoms with Crippen molar-refractivity contribution in [2.75, 3.05) is 38.1 Å². The fraction of sp³-hybridized carbons (Fsp3) is 0.333. The Morgan fingerprint density at radius 1 is 1.10 bits per heavy atom. The zero-order chi connectivity index (χ0) is 21.6. The number of carbonyl (C=O) groups excluding carboxylic acids is 1. The molecular formula is C24H27FN4O2. The minimum absolute atomic E-state index is 0.0705. The van der Waals surface area contributed by atoms with Crippen LogP contribution in [0.15, 0.2) is 59.1 Å². The first-order chi connectivity index (χ1) is 15.1. The Kier molecular flexibility index (Phi) is 6.62. The Labute approximate surface area is 181 Å². The van der Waals surface area contributed by atoms with Crippen LogP contribution in [0.2, 0.25) is 0 Å². The molecule has 0 spiro atoms. The molecule has 0 saturated carbocycles. The van der Waals surface area contributed by atoms with Gasteiger partial charge in [0, 0.05) is 51.3 Å². The standard InChI is InChI=1S/C24H27FN4O2/c1-28-12-14-29(15-13-28)21-9-5-2-6-18(21)16-26-23(30)10-11-24-27-17-22(31-24)19-7-3-4-8-20(19)25/h2-9,17H,10-16H2,1H3,(H,26,30). The molecule has 2 aromatic carbocycles. The van der Waals surface area contributed by atoms with Crippen LogP contribution in [-0.4, -0.2) is 49.0 Å². The number of hydrogen-bond donors (Lipinski definition) is 1. The molecule has 6 nitrogen and oxygen atoms in total. The minimum atomic E-state index is -0.359. The lowest BCUT2D eigenvalue weighted by Crippen LogP contribution is -2.45. The molecule has 1 saturated heterocycles. The van der Waals surface area contributed by atoms with Crippen molar-refractivity contribution in [3.63, 3.8) is 0 Å². The number of nitrogens with zero attached hydrogens (tertiary/aromatic N) is 3. The van der Waals surface area contributed by atoms with Crippen LogP contribution in [0.4, 0.5) is 10.1 Å². The Bertz CT molecular complexity index is 1030. The maximum absolute atomic E-state index is 13.9. The minimum Gasteiger partial charge on any atom is -0.441 e. The van der Waals surface area contributed by atoms with E-state index in [0.717, 1.165) is 31.7 Å². The van der Waals surface area contributed by atoms with Gasteiger partial charge in [0.15, 0.2) is 11.7 Å². The third-order valence-corrected chi connectivity index (χ3v) is 5.57. The molecule has 0 radical (unpaired) electrons. The molecule has 1 aliphatic rings. The summed E-state index contributed by atoms with van der Waals surface area (Å²) in [6, 6.07) is 14.6. The molecule has 1 aromatic heterocycles. The molecule has 1 N–H and O–H groups in total. The topological polar surface area (TPSA) is 61.6 Å². The first-order valence-electron chi connectivity index (χ1n) is 10.6. The number of likely N-dealkylation sites (N-methyl/N-ethyl adjacent to an activating group) is 1. The van der Waals surface area contributed by atoms with Crippen molar-refractivity contribution in [1.82, 2.24) is 15.2 Å². The van der Waals surface area contributed by atoms with Gasteiger partial charge in [0.05, 0.1) is 11.8 Å². The molecule has 3 aromatic rings. The number of carbonyl (C=O) groups is 1. The summed E-state index contributed by atoms with van der Waals surface area (Å²) in [5, 5.41) is 3.00. The highest BCUT2D eigenvalue weighted by molar-refractivity contribution is 5.76. The van der Waals surface area contributed by atoms with Crippen molar-refractivity contribution in [1.29, 1.82) is 0 Å². The Morgan fingerprint density at radius 3 is 2.65 bits per heavy atom. The lowest BCUT2D eigenvalue weighted by Gasteiger charge is -2.35. The maximum atomic E-state index is 13.9. The molecule has 2 heterocycles. The van der Waals surface area contributed by atoms with E-state index in [2.05, 4.69) is 39.3 Å². The van der Waals surface area contributed by atoms with E-state index in [9.17, 15) is 9.18 Å². The number of rotatable bonds is 7. The van der Waals surface area contributed by atoms with Gasteiger partial charge in [-0.3, -0.25) is 4.79 Å². The number of amides is 1. The molecule has 162 valence electrons. The van der Waals surface area contributed by atoms with Gasteiger partial charge in [0.1, 0.15) is 5.82 Å². The molecule has 0 unspecified atom stereocenters. The molecule has 7 heteroatoms. The number of hydrogen-bond acceptors (Lipinski definition) is 5. The van der Waals surface area contributed by atoms with Gasteiger partial charge in [0.2, 0.25) is 5.91 Å². The van der Waals surface area contributed by atoms with Crippen LogP contribution < -0.4 is 10.2 Å². The van der Waals surface area contributed by atoms with E-state index in [-0.39, 0.29) is 18.1 Å². The largest absolute Gasteiger partial charge is 0.441 e. The molecule has 1 fully saturated rings. The molecule has 0 atom stereocenters. The average molecular weight is 423 g/mol. The van der Waals surface area contributed by atoms with E-state index in [1.165, 1.54) is 18.0 Å². The predicted octanol–water partition coefficient (Wildman–Crippen LogP) is 3.48. The molecule has 1 amide bonds. The van der Waals surface area contributed by atoms with Gasteiger partial charge in [-0.05, 0) is 30.8 Å². The van der Waals surface area contributed by atoms with Crippen LogP contribution in [0.25, 0.3) is 11.3 Å². The summed E-state index contributed by atoms with van der Waals surface area (Å²) in [7, 11) is 2.14. The highest BCUT2D eigenvalue weighted by atomic mass is 19.1. The molecular weight excluding hydrogens is 395 g/mol. The van der Waals surface area contributed by atoms with E-state index in [4.69, 9.17) is 4.42 Å². The number of halogens is 1. The average Bonchev–Trinajstić information content (AvgIpc) is 3.26. The number of benzene rings is 2. The summed E-state index contributed by atoms with van der Waals surface area (Å²) in [5.74, 6) is 0.363. The Balaban J connectivity index is 1.30. The molecule has 4 rings (SSSR count). The van der Waals surface area contributed by atoms with Gasteiger partial charge >= 0.3 is 0 Å². The molecule has 0 bridgehead atoms. The summed E-state index contributed by atoms with van der Waals surface area (Å²) in [6.45, 7) is 4.51. The number of oxazole rings is 1. The third kappa shape index (κ3) is 5.30. The number of aromatic nitrogens is 1. The van der Waals surface area contributed by atoms with E-state index in [1.807, 2.05) is 12.1 Å². The Hall–Kier alpha value is -3.19. The number of piperazine rings is 1. The van der Waals surface area contributed by atoms with Crippen molar-refractivity contribution in [2.24, 2.45) is 0 Å². The summed E-state index contributed by atoms with van der Waals surface area (Å²) in [6.07, 6.45) is 2.12. The fourth-order valence-electron chi connectivity index (χ4n) is 3.73. The summed E-state index contributed by atoms with van der Waals surface area (Å²) < 4.78 is 19.5. The van der Waals surface area contributed by atoms with Gasteiger partial charge in [-0.1, -0.05) is 30.3 Å². The van der Waals surface area contributed by atoms with E-state index in [0.29, 0.717) is 30.2 Å². The van der Waals surface area contributed by atoms with Crippen LogP contribution in [0.1, 0.15) is 17.9 Å². The SMILES string of the molecule is CN1CCN(c2ccccc2CNC(=O)CCc2ncc(-c3ccccc3F)o2)CC1. The Morgan fingerprint density at radius 2 is 1.84 bits per heavy atom. The van der Waals surface area contributed by atoms with Crippen LogP contribution in [0.5, 0.6) is 0 Å². The number of anilines is 1. The van der Waals surface area contributed by atoms with Crippen LogP contribution >= 0.6 is 0 Å². The number of nitrogens with one attached hydrogen (secondary N) is 1. The normalized spacial score (nSPS) is 14.6. The van der Waals surface area contributed by atoms with Crippen molar-refractivity contribution >= 4 is 11.6 Å². The van der Waals surface area contributed by atoms with Gasteiger partial charge < -0.3 is 19.5 Å². The van der Waals surface area contributed by atoms with Crippen LogP contribution in [0, 0.1) is 5.82 Å². The van der Waals surface area contributed by atoms with Crippen LogP contribution in [-0.2, 0) is 17.8 Å². The molecule has 1 aliphatic heterocycles. The zero-order valence-corrected chi connectivity index (χ0v) is 17.7.